The molecule has 0 radical (unpaired) electrons. The Morgan fingerprint density at radius 1 is 1.50 bits per heavy atom. The number of aromatic nitrogens is 4. The van der Waals surface area contributed by atoms with Gasteiger partial charge in [0.15, 0.2) is 5.82 Å². The Kier molecular flexibility index (Phi) is 1.34. The van der Waals surface area contributed by atoms with Crippen LogP contribution in [0.3, 0.4) is 0 Å². The lowest BCUT2D eigenvalue weighted by Gasteiger charge is -1.91. The predicted octanol–water partition coefficient (Wildman–Crippen LogP) is 0.877. The highest BCUT2D eigenvalue weighted by molar-refractivity contribution is 5.51. The van der Waals surface area contributed by atoms with Crippen molar-refractivity contribution in [1.82, 2.24) is 19.7 Å². The van der Waals surface area contributed by atoms with Gasteiger partial charge in [0.1, 0.15) is 0 Å². The van der Waals surface area contributed by atoms with Gasteiger partial charge >= 0.3 is 0 Å². The number of hydrogen-bond donors (Lipinski definition) is 0. The van der Waals surface area contributed by atoms with Crippen molar-refractivity contribution >= 4 is 0 Å². The first-order chi connectivity index (χ1) is 6.25. The van der Waals surface area contributed by atoms with Crippen molar-refractivity contribution in [3.8, 4) is 11.4 Å². The zero-order chi connectivity index (χ0) is 9.26. The molecule has 0 N–H and O–H groups in total. The number of rotatable bonds is 1. The van der Waals surface area contributed by atoms with Crippen LogP contribution in [0.1, 0.15) is 1.37 Å². The number of nitrogens with zero attached hydrogens (tertiary/aromatic N) is 4. The van der Waals surface area contributed by atoms with Crippen LogP contribution < -0.4 is 0 Å². The molecule has 0 bridgehead atoms. The van der Waals surface area contributed by atoms with Gasteiger partial charge in [-0.1, -0.05) is 0 Å². The lowest BCUT2D eigenvalue weighted by Crippen LogP contribution is -1.85. The molecule has 0 atom stereocenters. The van der Waals surface area contributed by atoms with Crippen LogP contribution in [-0.4, -0.2) is 19.7 Å². The van der Waals surface area contributed by atoms with E-state index in [-0.39, 0.29) is 6.17 Å². The van der Waals surface area contributed by atoms with Crippen molar-refractivity contribution in [3.05, 3.63) is 30.8 Å². The third kappa shape index (κ3) is 1.18. The molecule has 60 valence electrons. The van der Waals surface area contributed by atoms with E-state index < -0.39 is 0 Å². The first-order valence-electron chi connectivity index (χ1n) is 4.04. The fourth-order valence-electron chi connectivity index (χ4n) is 0.944. The summed E-state index contributed by atoms with van der Waals surface area (Å²) in [6.45, 7) is 0. The third-order valence-electron chi connectivity index (χ3n) is 1.48. The van der Waals surface area contributed by atoms with Gasteiger partial charge in [0, 0.05) is 25.6 Å². The minimum absolute atomic E-state index is 0.217. The first kappa shape index (κ1) is 5.88. The van der Waals surface area contributed by atoms with E-state index in [0.717, 1.165) is 5.56 Å². The molecule has 0 aliphatic carbocycles. The number of hydrogen-bond acceptors (Lipinski definition) is 3. The highest BCUT2D eigenvalue weighted by atomic mass is 15.2. The maximum absolute atomic E-state index is 7.31. The van der Waals surface area contributed by atoms with Crippen LogP contribution >= 0.6 is 0 Å². The van der Waals surface area contributed by atoms with Crippen LogP contribution in [0.2, 0.25) is 0 Å². The zero-order valence-corrected chi connectivity index (χ0v) is 6.60. The molecular weight excluding hydrogens is 152 g/mol. The summed E-state index contributed by atoms with van der Waals surface area (Å²) < 4.78 is 8.99. The van der Waals surface area contributed by atoms with Gasteiger partial charge in [-0.25, -0.2) is 9.97 Å². The van der Waals surface area contributed by atoms with E-state index >= 15 is 0 Å². The highest BCUT2D eigenvalue weighted by Gasteiger charge is 2.00. The van der Waals surface area contributed by atoms with Gasteiger partial charge in [-0.15, -0.1) is 0 Å². The van der Waals surface area contributed by atoms with Gasteiger partial charge in [0.25, 0.3) is 0 Å². The van der Waals surface area contributed by atoms with Crippen LogP contribution in [0.5, 0.6) is 0 Å². The molecular formula is C8H8N4. The van der Waals surface area contributed by atoms with Gasteiger partial charge in [-0.05, 0) is 6.07 Å². The standard InChI is InChI=1S/C8H8N4/c1-12-6-7(5-11-12)8-9-3-2-4-10-8/h2-6H,1H3/i3D. The smallest absolute Gasteiger partial charge is 0.162 e. The van der Waals surface area contributed by atoms with Gasteiger partial charge in [0.2, 0.25) is 0 Å². The van der Waals surface area contributed by atoms with E-state index in [2.05, 4.69) is 15.1 Å². The predicted molar refractivity (Wildman–Crippen MR) is 44.2 cm³/mol. The molecule has 2 rings (SSSR count). The molecule has 0 aromatic carbocycles. The molecule has 0 saturated heterocycles. The van der Waals surface area contributed by atoms with Crippen LogP contribution in [0.4, 0.5) is 0 Å². The summed E-state index contributed by atoms with van der Waals surface area (Å²) in [5.74, 6) is 0.542. The summed E-state index contributed by atoms with van der Waals surface area (Å²) in [5.41, 5.74) is 0.830. The van der Waals surface area contributed by atoms with Gasteiger partial charge in [-0.2, -0.15) is 5.10 Å². The van der Waals surface area contributed by atoms with E-state index in [4.69, 9.17) is 1.37 Å². The molecule has 0 unspecified atom stereocenters. The second kappa shape index (κ2) is 2.73. The van der Waals surface area contributed by atoms with Crippen LogP contribution in [0.15, 0.2) is 30.8 Å². The average molecular weight is 161 g/mol. The molecule has 0 amide bonds. The monoisotopic (exact) mass is 161 g/mol. The molecule has 2 aromatic heterocycles. The largest absolute Gasteiger partial charge is 0.275 e. The molecule has 0 aliphatic heterocycles. The summed E-state index contributed by atoms with van der Waals surface area (Å²) in [4.78, 5) is 8.00. The lowest BCUT2D eigenvalue weighted by atomic mass is 10.3. The fourth-order valence-corrected chi connectivity index (χ4v) is 0.944. The molecule has 4 heteroatoms. The number of aryl methyl sites for hydroxylation is 1. The van der Waals surface area contributed by atoms with Crippen LogP contribution in [0, 0.1) is 0 Å². The van der Waals surface area contributed by atoms with Crippen molar-refractivity contribution in [1.29, 1.82) is 0 Å². The summed E-state index contributed by atoms with van der Waals surface area (Å²) in [6, 6.07) is 1.54. The summed E-state index contributed by atoms with van der Waals surface area (Å²) in [7, 11) is 1.83. The highest BCUT2D eigenvalue weighted by Crippen LogP contribution is 2.10. The normalized spacial score (nSPS) is 11.2. The molecule has 0 saturated carbocycles. The van der Waals surface area contributed by atoms with E-state index in [1.54, 1.807) is 23.1 Å². The summed E-state index contributed by atoms with van der Waals surface area (Å²) in [5, 5.41) is 4.00. The van der Waals surface area contributed by atoms with Crippen molar-refractivity contribution in [3.63, 3.8) is 0 Å². The zero-order valence-electron chi connectivity index (χ0n) is 7.60. The Morgan fingerprint density at radius 3 is 3.08 bits per heavy atom. The van der Waals surface area contributed by atoms with Gasteiger partial charge < -0.3 is 0 Å². The van der Waals surface area contributed by atoms with Crippen molar-refractivity contribution in [2.45, 2.75) is 0 Å². The maximum Gasteiger partial charge on any atom is 0.162 e. The fraction of sp³-hybridized carbons (Fsp3) is 0.125. The van der Waals surface area contributed by atoms with E-state index in [0.29, 0.717) is 5.82 Å². The minimum atomic E-state index is 0.217. The Balaban J connectivity index is 2.46. The van der Waals surface area contributed by atoms with Gasteiger partial charge in [0.05, 0.1) is 13.1 Å². The molecule has 4 nitrogen and oxygen atoms in total. The Labute approximate surface area is 71.3 Å². The average Bonchev–Trinajstić information content (AvgIpc) is 2.52. The molecule has 2 heterocycles. The van der Waals surface area contributed by atoms with E-state index in [9.17, 15) is 0 Å². The molecule has 0 fully saturated rings. The molecule has 12 heavy (non-hydrogen) atoms. The van der Waals surface area contributed by atoms with E-state index in [1.165, 1.54) is 0 Å². The van der Waals surface area contributed by atoms with Crippen LogP contribution in [0.25, 0.3) is 11.4 Å². The Bertz CT molecular complexity index is 424. The topological polar surface area (TPSA) is 43.6 Å². The Morgan fingerprint density at radius 2 is 2.42 bits per heavy atom. The molecule has 2 aromatic rings. The summed E-state index contributed by atoms with van der Waals surface area (Å²) >= 11 is 0. The Hall–Kier alpha value is -1.71. The third-order valence-corrected chi connectivity index (χ3v) is 1.48. The van der Waals surface area contributed by atoms with Crippen molar-refractivity contribution in [2.75, 3.05) is 0 Å². The SMILES string of the molecule is [2H]c1ccnc(-c2cnn(C)c2)n1. The lowest BCUT2D eigenvalue weighted by molar-refractivity contribution is 0.768. The first-order valence-corrected chi connectivity index (χ1v) is 3.54. The maximum atomic E-state index is 7.31. The second-order valence-corrected chi connectivity index (χ2v) is 2.41. The molecule has 0 spiro atoms. The van der Waals surface area contributed by atoms with E-state index in [1.807, 2.05) is 13.2 Å². The summed E-state index contributed by atoms with van der Waals surface area (Å²) in [6.07, 6.45) is 5.27. The quantitative estimate of drug-likeness (QED) is 0.623. The van der Waals surface area contributed by atoms with Crippen molar-refractivity contribution in [2.24, 2.45) is 7.05 Å². The second-order valence-electron chi connectivity index (χ2n) is 2.41. The molecule has 0 aliphatic rings. The van der Waals surface area contributed by atoms with Crippen molar-refractivity contribution < 1.29 is 1.37 Å². The minimum Gasteiger partial charge on any atom is -0.275 e. The van der Waals surface area contributed by atoms with Crippen LogP contribution in [-0.2, 0) is 7.05 Å². The van der Waals surface area contributed by atoms with Gasteiger partial charge in [-0.3, -0.25) is 4.68 Å².